The van der Waals surface area contributed by atoms with Gasteiger partial charge in [-0.25, -0.2) is 0 Å². The average Bonchev–Trinajstić information content (AvgIpc) is 2.11. The van der Waals surface area contributed by atoms with Gasteiger partial charge in [0, 0.05) is 26.4 Å². The first-order valence-electron chi connectivity index (χ1n) is 5.13. The van der Waals surface area contributed by atoms with E-state index in [1.807, 2.05) is 0 Å². The molecule has 0 radical (unpaired) electrons. The van der Waals surface area contributed by atoms with Gasteiger partial charge >= 0.3 is 0 Å². The molecule has 0 aromatic heterocycles. The van der Waals surface area contributed by atoms with Gasteiger partial charge in [-0.05, 0) is 19.3 Å². The van der Waals surface area contributed by atoms with E-state index in [9.17, 15) is 0 Å². The fourth-order valence-electron chi connectivity index (χ4n) is 1.09. The van der Waals surface area contributed by atoms with Gasteiger partial charge < -0.3 is 15.2 Å². The average molecular weight is 189 g/mol. The monoisotopic (exact) mass is 189 g/mol. The summed E-state index contributed by atoms with van der Waals surface area (Å²) in [4.78, 5) is 0. The van der Waals surface area contributed by atoms with Crippen LogP contribution in [0.25, 0.3) is 0 Å². The van der Waals surface area contributed by atoms with E-state index in [4.69, 9.17) is 15.2 Å². The number of unbranched alkanes of at least 4 members (excludes halogenated alkanes) is 1. The first-order valence-corrected chi connectivity index (χ1v) is 5.13. The lowest BCUT2D eigenvalue weighted by atomic mass is 10.2. The summed E-state index contributed by atoms with van der Waals surface area (Å²) in [6.07, 6.45) is 4.38. The molecule has 2 N–H and O–H groups in total. The predicted molar refractivity (Wildman–Crippen MR) is 54.8 cm³/mol. The number of hydrogen-bond donors (Lipinski definition) is 1. The second-order valence-corrected chi connectivity index (χ2v) is 3.32. The van der Waals surface area contributed by atoms with Crippen molar-refractivity contribution in [1.82, 2.24) is 0 Å². The molecular weight excluding hydrogens is 166 g/mol. The van der Waals surface area contributed by atoms with Crippen molar-refractivity contribution < 1.29 is 9.47 Å². The Balaban J connectivity index is 2.97. The summed E-state index contributed by atoms with van der Waals surface area (Å²) in [6, 6.07) is 0.166. The van der Waals surface area contributed by atoms with Crippen LogP contribution in [0.2, 0.25) is 0 Å². The zero-order valence-corrected chi connectivity index (χ0v) is 8.92. The van der Waals surface area contributed by atoms with Crippen molar-refractivity contribution >= 4 is 0 Å². The van der Waals surface area contributed by atoms with Crippen molar-refractivity contribution in [2.75, 3.05) is 26.9 Å². The van der Waals surface area contributed by atoms with E-state index in [2.05, 4.69) is 6.92 Å². The smallest absolute Gasteiger partial charge is 0.0613 e. The quantitative estimate of drug-likeness (QED) is 0.560. The van der Waals surface area contributed by atoms with Gasteiger partial charge in [0.25, 0.3) is 0 Å². The number of hydrogen-bond acceptors (Lipinski definition) is 3. The minimum atomic E-state index is 0.166. The van der Waals surface area contributed by atoms with Crippen molar-refractivity contribution in [3.05, 3.63) is 0 Å². The summed E-state index contributed by atoms with van der Waals surface area (Å²) in [5, 5.41) is 0. The number of rotatable bonds is 9. The zero-order chi connectivity index (χ0) is 9.94. The molecule has 0 bridgehead atoms. The van der Waals surface area contributed by atoms with Crippen molar-refractivity contribution in [1.29, 1.82) is 0 Å². The summed E-state index contributed by atoms with van der Waals surface area (Å²) < 4.78 is 10.3. The topological polar surface area (TPSA) is 44.5 Å². The zero-order valence-electron chi connectivity index (χ0n) is 8.92. The standard InChI is InChI=1S/C10H23NO2/c1-3-4-7-13-8-5-6-10(11)9-12-2/h10H,3-9,11H2,1-2H3. The molecule has 13 heavy (non-hydrogen) atoms. The van der Waals surface area contributed by atoms with Crippen LogP contribution in [0.5, 0.6) is 0 Å². The molecule has 0 aliphatic carbocycles. The van der Waals surface area contributed by atoms with Crippen LogP contribution in [0.3, 0.4) is 0 Å². The Bertz CT molecular complexity index is 98.9. The Morgan fingerprint density at radius 1 is 1.23 bits per heavy atom. The van der Waals surface area contributed by atoms with Gasteiger partial charge in [-0.1, -0.05) is 13.3 Å². The van der Waals surface area contributed by atoms with E-state index in [-0.39, 0.29) is 6.04 Å². The van der Waals surface area contributed by atoms with E-state index in [0.717, 1.165) is 32.5 Å². The van der Waals surface area contributed by atoms with E-state index < -0.39 is 0 Å². The normalized spacial score (nSPS) is 13.2. The highest BCUT2D eigenvalue weighted by molar-refractivity contribution is 4.58. The highest BCUT2D eigenvalue weighted by Crippen LogP contribution is 1.96. The molecule has 3 nitrogen and oxygen atoms in total. The van der Waals surface area contributed by atoms with E-state index in [1.54, 1.807) is 7.11 Å². The van der Waals surface area contributed by atoms with Gasteiger partial charge in [-0.2, -0.15) is 0 Å². The molecule has 1 atom stereocenters. The first kappa shape index (κ1) is 12.9. The summed E-state index contributed by atoms with van der Waals surface area (Å²) in [5.74, 6) is 0. The Labute approximate surface area is 81.6 Å². The van der Waals surface area contributed by atoms with Crippen LogP contribution >= 0.6 is 0 Å². The third-order valence-electron chi connectivity index (χ3n) is 1.89. The van der Waals surface area contributed by atoms with Crippen LogP contribution in [-0.4, -0.2) is 33.0 Å². The molecule has 80 valence electrons. The Kier molecular flexibility index (Phi) is 9.87. The van der Waals surface area contributed by atoms with Gasteiger partial charge in [0.05, 0.1) is 6.61 Å². The van der Waals surface area contributed by atoms with Gasteiger partial charge in [0.2, 0.25) is 0 Å². The van der Waals surface area contributed by atoms with E-state index >= 15 is 0 Å². The molecule has 0 aromatic carbocycles. The third-order valence-corrected chi connectivity index (χ3v) is 1.89. The molecule has 0 saturated heterocycles. The van der Waals surface area contributed by atoms with Crippen molar-refractivity contribution in [3.63, 3.8) is 0 Å². The molecular formula is C10H23NO2. The lowest BCUT2D eigenvalue weighted by molar-refractivity contribution is 0.120. The minimum absolute atomic E-state index is 0.166. The Morgan fingerprint density at radius 2 is 1.92 bits per heavy atom. The predicted octanol–water partition coefficient (Wildman–Crippen LogP) is 1.56. The van der Waals surface area contributed by atoms with Crippen molar-refractivity contribution in [3.8, 4) is 0 Å². The summed E-state index contributed by atoms with van der Waals surface area (Å²) in [5.41, 5.74) is 5.74. The minimum Gasteiger partial charge on any atom is -0.383 e. The Hall–Kier alpha value is -0.120. The van der Waals surface area contributed by atoms with Crippen LogP contribution in [0, 0.1) is 0 Å². The highest BCUT2D eigenvalue weighted by atomic mass is 16.5. The van der Waals surface area contributed by atoms with Gasteiger partial charge in [0.15, 0.2) is 0 Å². The maximum Gasteiger partial charge on any atom is 0.0613 e. The molecule has 3 heteroatoms. The summed E-state index contributed by atoms with van der Waals surface area (Å²) >= 11 is 0. The van der Waals surface area contributed by atoms with Crippen molar-refractivity contribution in [2.45, 2.75) is 38.6 Å². The molecule has 0 saturated carbocycles. The molecule has 0 spiro atoms. The second-order valence-electron chi connectivity index (χ2n) is 3.32. The number of nitrogens with two attached hydrogens (primary N) is 1. The lowest BCUT2D eigenvalue weighted by Gasteiger charge is -2.09. The fourth-order valence-corrected chi connectivity index (χ4v) is 1.09. The molecule has 0 aromatic rings. The van der Waals surface area contributed by atoms with Gasteiger partial charge in [0.1, 0.15) is 0 Å². The Morgan fingerprint density at radius 3 is 2.54 bits per heavy atom. The summed E-state index contributed by atoms with van der Waals surface area (Å²) in [6.45, 7) is 4.53. The summed E-state index contributed by atoms with van der Waals surface area (Å²) in [7, 11) is 1.68. The maximum atomic E-state index is 5.74. The fraction of sp³-hybridized carbons (Fsp3) is 1.00. The molecule has 0 aliphatic heterocycles. The van der Waals surface area contributed by atoms with Crippen LogP contribution in [0.15, 0.2) is 0 Å². The molecule has 0 heterocycles. The maximum absolute atomic E-state index is 5.74. The van der Waals surface area contributed by atoms with Crippen LogP contribution < -0.4 is 5.73 Å². The molecule has 1 unspecified atom stereocenters. The molecule has 0 amide bonds. The SMILES string of the molecule is CCCCOCCCC(N)COC. The third kappa shape index (κ3) is 9.80. The van der Waals surface area contributed by atoms with Crippen LogP contribution in [0.1, 0.15) is 32.6 Å². The van der Waals surface area contributed by atoms with Crippen LogP contribution in [-0.2, 0) is 9.47 Å². The number of ether oxygens (including phenoxy) is 2. The van der Waals surface area contributed by atoms with Gasteiger partial charge in [-0.15, -0.1) is 0 Å². The first-order chi connectivity index (χ1) is 6.31. The van der Waals surface area contributed by atoms with E-state index in [0.29, 0.717) is 6.61 Å². The van der Waals surface area contributed by atoms with Crippen molar-refractivity contribution in [2.24, 2.45) is 5.73 Å². The molecule has 0 aliphatic rings. The largest absolute Gasteiger partial charge is 0.383 e. The van der Waals surface area contributed by atoms with Gasteiger partial charge in [-0.3, -0.25) is 0 Å². The molecule has 0 rings (SSSR count). The lowest BCUT2D eigenvalue weighted by Crippen LogP contribution is -2.25. The van der Waals surface area contributed by atoms with E-state index in [1.165, 1.54) is 6.42 Å². The number of methoxy groups -OCH3 is 1. The highest BCUT2D eigenvalue weighted by Gasteiger charge is 2.00. The molecule has 0 fully saturated rings. The van der Waals surface area contributed by atoms with Crippen LogP contribution in [0.4, 0.5) is 0 Å². The second kappa shape index (κ2) is 9.96.